The fourth-order valence-corrected chi connectivity index (χ4v) is 3.13. The van der Waals surface area contributed by atoms with Crippen LogP contribution in [0, 0.1) is 5.92 Å². The number of rotatable bonds is 7. The molecule has 118 valence electrons. The van der Waals surface area contributed by atoms with Gasteiger partial charge in [-0.25, -0.2) is 0 Å². The fourth-order valence-electron chi connectivity index (χ4n) is 3.13. The maximum atomic E-state index is 3.61. The van der Waals surface area contributed by atoms with Gasteiger partial charge in [-0.3, -0.25) is 0 Å². The summed E-state index contributed by atoms with van der Waals surface area (Å²) in [7, 11) is 0. The Balaban J connectivity index is 1.66. The summed E-state index contributed by atoms with van der Waals surface area (Å²) in [5.74, 6) is 1.36. The number of hydrogen-bond acceptors (Lipinski definition) is 2. The van der Waals surface area contributed by atoms with Crippen LogP contribution in [-0.4, -0.2) is 31.1 Å². The molecule has 1 aliphatic rings. The van der Waals surface area contributed by atoms with Crippen molar-refractivity contribution < 1.29 is 0 Å². The molecule has 0 saturated carbocycles. The maximum Gasteiger partial charge on any atom is 0.0205 e. The molecule has 2 nitrogen and oxygen atoms in total. The second-order valence-electron chi connectivity index (χ2n) is 6.99. The highest BCUT2D eigenvalue weighted by Gasteiger charge is 2.13. The lowest BCUT2D eigenvalue weighted by atomic mass is 10.0. The minimum Gasteiger partial charge on any atom is -0.312 e. The van der Waals surface area contributed by atoms with Gasteiger partial charge >= 0.3 is 0 Å². The minimum atomic E-state index is 0.622. The van der Waals surface area contributed by atoms with Gasteiger partial charge in [0.05, 0.1) is 0 Å². The van der Waals surface area contributed by atoms with Crippen LogP contribution in [0.2, 0.25) is 0 Å². The third-order valence-electron chi connectivity index (χ3n) is 4.49. The van der Waals surface area contributed by atoms with Gasteiger partial charge in [0.25, 0.3) is 0 Å². The molecule has 21 heavy (non-hydrogen) atoms. The zero-order valence-electron chi connectivity index (χ0n) is 14.1. The van der Waals surface area contributed by atoms with Crippen molar-refractivity contribution in [1.29, 1.82) is 0 Å². The lowest BCUT2D eigenvalue weighted by molar-refractivity contribution is 0.199. The fraction of sp³-hybridized carbons (Fsp3) is 0.684. The summed E-state index contributed by atoms with van der Waals surface area (Å²) < 4.78 is 0. The molecule has 0 aromatic heterocycles. The van der Waals surface area contributed by atoms with Crippen LogP contribution in [-0.2, 0) is 6.54 Å². The van der Waals surface area contributed by atoms with Crippen LogP contribution in [0.4, 0.5) is 0 Å². The number of benzene rings is 1. The summed E-state index contributed by atoms with van der Waals surface area (Å²) >= 11 is 0. The van der Waals surface area contributed by atoms with E-state index in [9.17, 15) is 0 Å². The molecule has 1 N–H and O–H groups in total. The van der Waals surface area contributed by atoms with Crippen LogP contribution in [0.1, 0.15) is 57.1 Å². The predicted octanol–water partition coefficient (Wildman–Crippen LogP) is 4.02. The zero-order chi connectivity index (χ0) is 15.1. The van der Waals surface area contributed by atoms with E-state index in [2.05, 4.69) is 55.3 Å². The highest BCUT2D eigenvalue weighted by Crippen LogP contribution is 2.15. The molecular weight excluding hydrogens is 256 g/mol. The van der Waals surface area contributed by atoms with E-state index >= 15 is 0 Å². The molecule has 1 aliphatic heterocycles. The highest BCUT2D eigenvalue weighted by atomic mass is 15.1. The Morgan fingerprint density at radius 1 is 1.00 bits per heavy atom. The molecule has 0 spiro atoms. The van der Waals surface area contributed by atoms with Crippen molar-refractivity contribution in [1.82, 2.24) is 10.2 Å². The highest BCUT2D eigenvalue weighted by molar-refractivity contribution is 5.24. The minimum absolute atomic E-state index is 0.622. The molecule has 2 rings (SSSR count). The number of hydrogen-bond donors (Lipinski definition) is 1. The first kappa shape index (κ1) is 16.5. The Labute approximate surface area is 130 Å². The van der Waals surface area contributed by atoms with Crippen molar-refractivity contribution in [2.75, 3.05) is 26.2 Å². The normalized spacial score (nSPS) is 18.1. The summed E-state index contributed by atoms with van der Waals surface area (Å²) in [6.07, 6.45) is 4.21. The molecule has 0 bridgehead atoms. The summed E-state index contributed by atoms with van der Waals surface area (Å²) in [4.78, 5) is 2.63. The van der Waals surface area contributed by atoms with Crippen molar-refractivity contribution in [3.05, 3.63) is 35.4 Å². The Morgan fingerprint density at radius 2 is 1.67 bits per heavy atom. The van der Waals surface area contributed by atoms with Crippen LogP contribution in [0.3, 0.4) is 0 Å². The molecule has 0 radical (unpaired) electrons. The van der Waals surface area contributed by atoms with E-state index in [4.69, 9.17) is 0 Å². The van der Waals surface area contributed by atoms with Crippen molar-refractivity contribution in [2.24, 2.45) is 5.92 Å². The van der Waals surface area contributed by atoms with Crippen LogP contribution in [0.5, 0.6) is 0 Å². The molecule has 1 unspecified atom stereocenters. The summed E-state index contributed by atoms with van der Waals surface area (Å²) in [6.45, 7) is 12.8. The molecule has 1 atom stereocenters. The molecule has 1 aromatic rings. The third-order valence-corrected chi connectivity index (χ3v) is 4.49. The largest absolute Gasteiger partial charge is 0.312 e. The lowest BCUT2D eigenvalue weighted by Gasteiger charge is -2.29. The first-order chi connectivity index (χ1) is 10.1. The van der Waals surface area contributed by atoms with E-state index in [0.717, 1.165) is 19.0 Å². The van der Waals surface area contributed by atoms with Gasteiger partial charge in [-0.2, -0.15) is 0 Å². The van der Waals surface area contributed by atoms with Crippen LogP contribution >= 0.6 is 0 Å². The molecule has 0 aliphatic carbocycles. The van der Waals surface area contributed by atoms with Gasteiger partial charge in [0, 0.05) is 13.1 Å². The average Bonchev–Trinajstić information content (AvgIpc) is 2.49. The molecule has 1 saturated heterocycles. The SMILES string of the molecule is CC(CNCc1ccc(C(C)C)cc1)CN1CCCCC1. The monoisotopic (exact) mass is 288 g/mol. The van der Waals surface area contributed by atoms with Gasteiger partial charge in [-0.1, -0.05) is 51.5 Å². The van der Waals surface area contributed by atoms with Gasteiger partial charge in [-0.05, 0) is 55.4 Å². The maximum absolute atomic E-state index is 3.61. The molecule has 1 heterocycles. The molecule has 0 amide bonds. The van der Waals surface area contributed by atoms with Gasteiger partial charge in [0.1, 0.15) is 0 Å². The average molecular weight is 288 g/mol. The van der Waals surface area contributed by atoms with Crippen molar-refractivity contribution in [2.45, 2.75) is 52.5 Å². The lowest BCUT2D eigenvalue weighted by Crippen LogP contribution is -2.36. The second kappa shape index (κ2) is 8.55. The molecular formula is C19H32N2. The third kappa shape index (κ3) is 5.80. The summed E-state index contributed by atoms with van der Waals surface area (Å²) in [5, 5.41) is 3.61. The van der Waals surface area contributed by atoms with E-state index in [1.807, 2.05) is 0 Å². The quantitative estimate of drug-likeness (QED) is 0.815. The first-order valence-corrected chi connectivity index (χ1v) is 8.67. The van der Waals surface area contributed by atoms with Crippen molar-refractivity contribution in [3.8, 4) is 0 Å². The second-order valence-corrected chi connectivity index (χ2v) is 6.99. The number of nitrogens with zero attached hydrogens (tertiary/aromatic N) is 1. The number of nitrogens with one attached hydrogen (secondary N) is 1. The van der Waals surface area contributed by atoms with Crippen LogP contribution in [0.15, 0.2) is 24.3 Å². The number of likely N-dealkylation sites (tertiary alicyclic amines) is 1. The van der Waals surface area contributed by atoms with Crippen LogP contribution < -0.4 is 5.32 Å². The van der Waals surface area contributed by atoms with Gasteiger partial charge in [-0.15, -0.1) is 0 Å². The number of piperidine rings is 1. The predicted molar refractivity (Wildman–Crippen MR) is 91.7 cm³/mol. The van der Waals surface area contributed by atoms with E-state index in [0.29, 0.717) is 5.92 Å². The van der Waals surface area contributed by atoms with E-state index in [-0.39, 0.29) is 0 Å². The Morgan fingerprint density at radius 3 is 2.29 bits per heavy atom. The van der Waals surface area contributed by atoms with E-state index in [1.165, 1.54) is 50.0 Å². The van der Waals surface area contributed by atoms with Gasteiger partial charge in [0.15, 0.2) is 0 Å². The Kier molecular flexibility index (Phi) is 6.72. The molecule has 2 heteroatoms. The van der Waals surface area contributed by atoms with Crippen molar-refractivity contribution >= 4 is 0 Å². The molecule has 1 aromatic carbocycles. The van der Waals surface area contributed by atoms with Gasteiger partial charge < -0.3 is 10.2 Å². The standard InChI is InChI=1S/C19H32N2/c1-16(2)19-9-7-18(8-10-19)14-20-13-17(3)15-21-11-5-4-6-12-21/h7-10,16-17,20H,4-6,11-15H2,1-3H3. The smallest absolute Gasteiger partial charge is 0.0205 e. The van der Waals surface area contributed by atoms with E-state index < -0.39 is 0 Å². The summed E-state index contributed by atoms with van der Waals surface area (Å²) in [5.41, 5.74) is 2.82. The zero-order valence-corrected chi connectivity index (χ0v) is 14.1. The van der Waals surface area contributed by atoms with E-state index in [1.54, 1.807) is 0 Å². The van der Waals surface area contributed by atoms with Crippen LogP contribution in [0.25, 0.3) is 0 Å². The van der Waals surface area contributed by atoms with Gasteiger partial charge in [0.2, 0.25) is 0 Å². The first-order valence-electron chi connectivity index (χ1n) is 8.67. The Bertz CT molecular complexity index is 391. The topological polar surface area (TPSA) is 15.3 Å². The van der Waals surface area contributed by atoms with Crippen molar-refractivity contribution in [3.63, 3.8) is 0 Å². The Hall–Kier alpha value is -0.860. The molecule has 1 fully saturated rings. The summed E-state index contributed by atoms with van der Waals surface area (Å²) in [6, 6.07) is 9.05.